The molecule has 1 aliphatic carbocycles. The summed E-state index contributed by atoms with van der Waals surface area (Å²) in [5.41, 5.74) is 0.780. The van der Waals surface area contributed by atoms with Gasteiger partial charge in [-0.2, -0.15) is 0 Å². The van der Waals surface area contributed by atoms with E-state index in [1.54, 1.807) is 6.20 Å². The first-order valence-electron chi connectivity index (χ1n) is 7.36. The lowest BCUT2D eigenvalue weighted by Crippen LogP contribution is -2.47. The van der Waals surface area contributed by atoms with Gasteiger partial charge in [-0.25, -0.2) is 0 Å². The number of rotatable bonds is 3. The van der Waals surface area contributed by atoms with Gasteiger partial charge in [0.2, 0.25) is 5.56 Å². The molecule has 1 aromatic rings. The maximum absolute atomic E-state index is 12.2. The Morgan fingerprint density at radius 3 is 2.40 bits per heavy atom. The van der Waals surface area contributed by atoms with Crippen molar-refractivity contribution < 1.29 is 9.31 Å². The molecule has 1 saturated carbocycles. The van der Waals surface area contributed by atoms with Crippen LogP contribution in [0.2, 0.25) is 0 Å². The van der Waals surface area contributed by atoms with Gasteiger partial charge >= 0.3 is 7.12 Å². The molecule has 0 bridgehead atoms. The molecule has 1 N–H and O–H groups in total. The van der Waals surface area contributed by atoms with Crippen LogP contribution >= 0.6 is 0 Å². The molecule has 1 aromatic heterocycles. The van der Waals surface area contributed by atoms with E-state index in [9.17, 15) is 4.79 Å². The van der Waals surface area contributed by atoms with Crippen molar-refractivity contribution in [2.45, 2.75) is 58.2 Å². The Labute approximate surface area is 120 Å². The molecule has 2 aliphatic rings. The minimum Gasteiger partial charge on any atom is -0.399 e. The molecule has 0 unspecified atom stereocenters. The van der Waals surface area contributed by atoms with Gasteiger partial charge in [0.25, 0.3) is 0 Å². The smallest absolute Gasteiger partial charge is 0.399 e. The molecule has 5 heteroatoms. The highest BCUT2D eigenvalue weighted by atomic mass is 16.7. The molecule has 2 heterocycles. The fraction of sp³-hybridized carbons (Fsp3) is 0.667. The second kappa shape index (κ2) is 4.47. The zero-order valence-electron chi connectivity index (χ0n) is 12.7. The second-order valence-corrected chi connectivity index (χ2v) is 6.98. The van der Waals surface area contributed by atoms with Crippen molar-refractivity contribution in [1.29, 1.82) is 0 Å². The molecule has 3 rings (SSSR count). The molecule has 0 radical (unpaired) electrons. The molecule has 0 aromatic carbocycles. The molecule has 1 saturated heterocycles. The molecule has 2 fully saturated rings. The van der Waals surface area contributed by atoms with Crippen molar-refractivity contribution in [2.75, 3.05) is 0 Å². The second-order valence-electron chi connectivity index (χ2n) is 6.98. The molecular weight excluding hydrogens is 253 g/mol. The Balaban J connectivity index is 1.96. The predicted molar refractivity (Wildman–Crippen MR) is 79.2 cm³/mol. The van der Waals surface area contributed by atoms with Crippen LogP contribution in [0.1, 0.15) is 46.1 Å². The lowest BCUT2D eigenvalue weighted by Gasteiger charge is -2.32. The molecule has 0 spiro atoms. The van der Waals surface area contributed by atoms with Crippen molar-refractivity contribution in [3.05, 3.63) is 28.2 Å². The van der Waals surface area contributed by atoms with Crippen molar-refractivity contribution in [2.24, 2.45) is 5.92 Å². The van der Waals surface area contributed by atoms with Gasteiger partial charge < -0.3 is 14.3 Å². The fourth-order valence-corrected chi connectivity index (χ4v) is 2.56. The largest absolute Gasteiger partial charge is 0.500 e. The molecule has 1 aliphatic heterocycles. The van der Waals surface area contributed by atoms with Crippen LogP contribution in [-0.4, -0.2) is 23.3 Å². The minimum atomic E-state index is -0.571. The Morgan fingerprint density at radius 2 is 1.85 bits per heavy atom. The Morgan fingerprint density at radius 1 is 1.25 bits per heavy atom. The molecule has 0 amide bonds. The summed E-state index contributed by atoms with van der Waals surface area (Å²) in [5.74, 6) is 0.720. The third-order valence-electron chi connectivity index (χ3n) is 4.78. The van der Waals surface area contributed by atoms with E-state index in [0.717, 1.165) is 17.9 Å². The minimum absolute atomic E-state index is 0.0957. The fourth-order valence-electron chi connectivity index (χ4n) is 2.56. The summed E-state index contributed by atoms with van der Waals surface area (Å²) in [7, 11) is -0.571. The number of nitrogens with one attached hydrogen (secondary N) is 1. The van der Waals surface area contributed by atoms with E-state index in [1.165, 1.54) is 12.8 Å². The molecule has 4 nitrogen and oxygen atoms in total. The highest BCUT2D eigenvalue weighted by Gasteiger charge is 2.53. The number of aromatic nitrogens is 1. The van der Waals surface area contributed by atoms with Crippen molar-refractivity contribution in [3.63, 3.8) is 0 Å². The van der Waals surface area contributed by atoms with E-state index < -0.39 is 18.3 Å². The molecular formula is C15H22BNO3. The number of aromatic amines is 1. The lowest BCUT2D eigenvalue weighted by atomic mass is 9.76. The van der Waals surface area contributed by atoms with Crippen LogP contribution in [0, 0.1) is 5.92 Å². The van der Waals surface area contributed by atoms with Crippen LogP contribution < -0.4 is 11.0 Å². The van der Waals surface area contributed by atoms with Crippen LogP contribution in [0.15, 0.2) is 17.1 Å². The van der Waals surface area contributed by atoms with Crippen molar-refractivity contribution >= 4 is 12.6 Å². The van der Waals surface area contributed by atoms with Gasteiger partial charge in [-0.3, -0.25) is 4.79 Å². The standard InChI is InChI=1S/C15H22BNO3/c1-14(2)15(3,4)20-16(19-14)12-11(9-10-5-6-10)7-8-17-13(12)18/h7-8,10H,5-6,9H2,1-4H3,(H,17,18). The van der Waals surface area contributed by atoms with E-state index >= 15 is 0 Å². The third-order valence-corrected chi connectivity index (χ3v) is 4.78. The van der Waals surface area contributed by atoms with E-state index in [-0.39, 0.29) is 5.56 Å². The maximum Gasteiger partial charge on any atom is 0.500 e. The van der Waals surface area contributed by atoms with Crippen LogP contribution in [0.3, 0.4) is 0 Å². The van der Waals surface area contributed by atoms with Gasteiger partial charge in [-0.05, 0) is 64.5 Å². The van der Waals surface area contributed by atoms with Gasteiger partial charge in [0.05, 0.1) is 16.7 Å². The molecule has 20 heavy (non-hydrogen) atoms. The first kappa shape index (κ1) is 13.9. The van der Waals surface area contributed by atoms with Gasteiger partial charge in [-0.15, -0.1) is 0 Å². The van der Waals surface area contributed by atoms with Crippen LogP contribution in [0.5, 0.6) is 0 Å². The first-order chi connectivity index (χ1) is 9.30. The van der Waals surface area contributed by atoms with Crippen LogP contribution in [0.25, 0.3) is 0 Å². The summed E-state index contributed by atoms with van der Waals surface area (Å²) in [5, 5.41) is 0. The van der Waals surface area contributed by atoms with Gasteiger partial charge in [-0.1, -0.05) is 0 Å². The van der Waals surface area contributed by atoms with Gasteiger partial charge in [0.1, 0.15) is 0 Å². The third kappa shape index (κ3) is 2.33. The highest BCUT2D eigenvalue weighted by molar-refractivity contribution is 6.62. The Bertz CT molecular complexity index is 559. The lowest BCUT2D eigenvalue weighted by molar-refractivity contribution is 0.00578. The monoisotopic (exact) mass is 275 g/mol. The van der Waals surface area contributed by atoms with Crippen LogP contribution in [-0.2, 0) is 15.7 Å². The van der Waals surface area contributed by atoms with E-state index in [1.807, 2.05) is 33.8 Å². The Kier molecular flexibility index (Phi) is 3.10. The average Bonchev–Trinajstić information content (AvgIpc) is 3.07. The number of hydrogen-bond acceptors (Lipinski definition) is 3. The van der Waals surface area contributed by atoms with Gasteiger partial charge in [0, 0.05) is 6.20 Å². The zero-order valence-corrected chi connectivity index (χ0v) is 12.7. The summed E-state index contributed by atoms with van der Waals surface area (Å²) < 4.78 is 12.1. The van der Waals surface area contributed by atoms with Gasteiger partial charge in [0.15, 0.2) is 0 Å². The zero-order chi connectivity index (χ0) is 14.5. The molecule has 0 atom stereocenters. The van der Waals surface area contributed by atoms with E-state index in [0.29, 0.717) is 5.46 Å². The Hall–Kier alpha value is -1.07. The number of hydrogen-bond donors (Lipinski definition) is 1. The number of pyridine rings is 1. The summed E-state index contributed by atoms with van der Waals surface area (Å²) in [6.45, 7) is 8.02. The topological polar surface area (TPSA) is 51.3 Å². The maximum atomic E-state index is 12.2. The summed E-state index contributed by atoms with van der Waals surface area (Å²) in [4.78, 5) is 15.0. The SMILES string of the molecule is CC1(C)OB(c2c(CC3CC3)cc[nH]c2=O)OC1(C)C. The molecule has 108 valence electrons. The summed E-state index contributed by atoms with van der Waals surface area (Å²) >= 11 is 0. The average molecular weight is 275 g/mol. The summed E-state index contributed by atoms with van der Waals surface area (Å²) in [6, 6.07) is 1.99. The highest BCUT2D eigenvalue weighted by Crippen LogP contribution is 2.37. The number of H-pyrrole nitrogens is 1. The first-order valence-corrected chi connectivity index (χ1v) is 7.36. The normalized spacial score (nSPS) is 24.1. The van der Waals surface area contributed by atoms with E-state index in [2.05, 4.69) is 4.98 Å². The van der Waals surface area contributed by atoms with Crippen molar-refractivity contribution in [1.82, 2.24) is 4.98 Å². The van der Waals surface area contributed by atoms with Crippen LogP contribution in [0.4, 0.5) is 0 Å². The summed E-state index contributed by atoms with van der Waals surface area (Å²) in [6.07, 6.45) is 5.18. The predicted octanol–water partition coefficient (Wildman–Crippen LogP) is 1.63. The quantitative estimate of drug-likeness (QED) is 0.853. The van der Waals surface area contributed by atoms with E-state index in [4.69, 9.17) is 9.31 Å². The van der Waals surface area contributed by atoms with Crippen molar-refractivity contribution in [3.8, 4) is 0 Å².